The van der Waals surface area contributed by atoms with Crippen LogP contribution < -0.4 is 5.32 Å². The Bertz CT molecular complexity index is 479. The summed E-state index contributed by atoms with van der Waals surface area (Å²) >= 11 is 5.79. The maximum atomic E-state index is 12.0. The third kappa shape index (κ3) is 3.97. The van der Waals surface area contributed by atoms with Gasteiger partial charge < -0.3 is 10.2 Å². The van der Waals surface area contributed by atoms with Gasteiger partial charge in [-0.15, -0.1) is 0 Å². The van der Waals surface area contributed by atoms with Crippen LogP contribution in [-0.2, 0) is 16.1 Å². The summed E-state index contributed by atoms with van der Waals surface area (Å²) in [6.07, 6.45) is 1.94. The van der Waals surface area contributed by atoms with E-state index in [0.29, 0.717) is 30.6 Å². The van der Waals surface area contributed by atoms with Crippen LogP contribution in [0.25, 0.3) is 0 Å². The number of amides is 2. The first-order valence-corrected chi connectivity index (χ1v) is 7.25. The number of hydrogen-bond donors (Lipinski definition) is 1. The maximum absolute atomic E-state index is 12.0. The van der Waals surface area contributed by atoms with E-state index in [0.717, 1.165) is 18.4 Å². The minimum atomic E-state index is -0.533. The molecular formula is C15H19ClN2O2. The SMILES string of the molecule is CC1CCN(C(=O)C(=O)NCc2ccc(Cl)cc2)CC1. The molecule has 1 fully saturated rings. The van der Waals surface area contributed by atoms with Crippen molar-refractivity contribution in [2.45, 2.75) is 26.3 Å². The minimum Gasteiger partial charge on any atom is -0.344 e. The summed E-state index contributed by atoms with van der Waals surface area (Å²) in [6.45, 7) is 3.86. The molecule has 1 heterocycles. The van der Waals surface area contributed by atoms with Crippen molar-refractivity contribution in [3.05, 3.63) is 34.9 Å². The van der Waals surface area contributed by atoms with Gasteiger partial charge in [0.2, 0.25) is 0 Å². The second-order valence-electron chi connectivity index (χ2n) is 5.28. The van der Waals surface area contributed by atoms with Crippen LogP contribution in [0.2, 0.25) is 5.02 Å². The lowest BCUT2D eigenvalue weighted by Crippen LogP contribution is -2.46. The highest BCUT2D eigenvalue weighted by atomic mass is 35.5. The molecule has 1 aromatic rings. The van der Waals surface area contributed by atoms with E-state index in [-0.39, 0.29) is 0 Å². The van der Waals surface area contributed by atoms with Crippen molar-refractivity contribution in [3.8, 4) is 0 Å². The molecule has 0 saturated carbocycles. The summed E-state index contributed by atoms with van der Waals surface area (Å²) in [5, 5.41) is 3.30. The molecular weight excluding hydrogens is 276 g/mol. The summed E-state index contributed by atoms with van der Waals surface area (Å²) < 4.78 is 0. The van der Waals surface area contributed by atoms with Crippen molar-refractivity contribution in [1.82, 2.24) is 10.2 Å². The number of nitrogens with zero attached hydrogens (tertiary/aromatic N) is 1. The first kappa shape index (κ1) is 14.9. The molecule has 1 N–H and O–H groups in total. The number of halogens is 1. The molecule has 2 rings (SSSR count). The molecule has 5 heteroatoms. The number of nitrogens with one attached hydrogen (secondary N) is 1. The van der Waals surface area contributed by atoms with Crippen LogP contribution in [0.5, 0.6) is 0 Å². The van der Waals surface area contributed by atoms with Gasteiger partial charge in [0.1, 0.15) is 0 Å². The predicted octanol–water partition coefficient (Wildman–Crippen LogP) is 2.21. The van der Waals surface area contributed by atoms with Crippen LogP contribution >= 0.6 is 11.6 Å². The van der Waals surface area contributed by atoms with Crippen molar-refractivity contribution >= 4 is 23.4 Å². The van der Waals surface area contributed by atoms with Crippen molar-refractivity contribution < 1.29 is 9.59 Å². The second kappa shape index (κ2) is 6.75. The number of carbonyl (C=O) groups excluding carboxylic acids is 2. The van der Waals surface area contributed by atoms with Gasteiger partial charge in [-0.3, -0.25) is 9.59 Å². The van der Waals surface area contributed by atoms with Crippen molar-refractivity contribution in [2.24, 2.45) is 5.92 Å². The van der Waals surface area contributed by atoms with Crippen molar-refractivity contribution in [2.75, 3.05) is 13.1 Å². The summed E-state index contributed by atoms with van der Waals surface area (Å²) in [5.41, 5.74) is 0.919. The summed E-state index contributed by atoms with van der Waals surface area (Å²) in [7, 11) is 0. The van der Waals surface area contributed by atoms with Gasteiger partial charge in [-0.2, -0.15) is 0 Å². The highest BCUT2D eigenvalue weighted by molar-refractivity contribution is 6.35. The zero-order valence-electron chi connectivity index (χ0n) is 11.6. The molecule has 4 nitrogen and oxygen atoms in total. The minimum absolute atomic E-state index is 0.339. The third-order valence-corrected chi connectivity index (χ3v) is 3.88. The summed E-state index contributed by atoms with van der Waals surface area (Å²) in [6, 6.07) is 7.18. The molecule has 1 aliphatic rings. The third-order valence-electron chi connectivity index (χ3n) is 3.63. The first-order valence-electron chi connectivity index (χ1n) is 6.88. The largest absolute Gasteiger partial charge is 0.344 e. The average molecular weight is 295 g/mol. The summed E-state index contributed by atoms with van der Waals surface area (Å²) in [4.78, 5) is 25.4. The molecule has 108 valence electrons. The van der Waals surface area contributed by atoms with Gasteiger partial charge in [0.15, 0.2) is 0 Å². The van der Waals surface area contributed by atoms with Gasteiger partial charge in [0, 0.05) is 24.7 Å². The predicted molar refractivity (Wildman–Crippen MR) is 78.3 cm³/mol. The molecule has 0 aliphatic carbocycles. The normalized spacial score (nSPS) is 16.0. The monoisotopic (exact) mass is 294 g/mol. The van der Waals surface area contributed by atoms with Gasteiger partial charge >= 0.3 is 11.8 Å². The van der Waals surface area contributed by atoms with Gasteiger partial charge in [-0.1, -0.05) is 30.7 Å². The van der Waals surface area contributed by atoms with Gasteiger partial charge in [-0.25, -0.2) is 0 Å². The Balaban J connectivity index is 1.82. The average Bonchev–Trinajstić information content (AvgIpc) is 2.46. The molecule has 1 aromatic carbocycles. The van der Waals surface area contributed by atoms with Crippen molar-refractivity contribution in [1.29, 1.82) is 0 Å². The molecule has 1 aliphatic heterocycles. The molecule has 0 unspecified atom stereocenters. The fourth-order valence-corrected chi connectivity index (χ4v) is 2.34. The Hall–Kier alpha value is -1.55. The lowest BCUT2D eigenvalue weighted by molar-refractivity contribution is -0.146. The van der Waals surface area contributed by atoms with Crippen LogP contribution in [0, 0.1) is 5.92 Å². The van der Waals surface area contributed by atoms with Crippen LogP contribution in [0.3, 0.4) is 0 Å². The number of hydrogen-bond acceptors (Lipinski definition) is 2. The number of benzene rings is 1. The van der Waals surface area contributed by atoms with Crippen LogP contribution in [0.15, 0.2) is 24.3 Å². The number of likely N-dealkylation sites (tertiary alicyclic amines) is 1. The van der Waals surface area contributed by atoms with Gasteiger partial charge in [0.05, 0.1) is 0 Å². The Morgan fingerprint density at radius 1 is 1.25 bits per heavy atom. The lowest BCUT2D eigenvalue weighted by atomic mass is 9.99. The van der Waals surface area contributed by atoms with E-state index in [2.05, 4.69) is 12.2 Å². The Labute approximate surface area is 124 Å². The number of carbonyl (C=O) groups is 2. The van der Waals surface area contributed by atoms with E-state index in [1.165, 1.54) is 0 Å². The molecule has 0 spiro atoms. The van der Waals surface area contributed by atoms with Gasteiger partial charge in [-0.05, 0) is 36.5 Å². The van der Waals surface area contributed by atoms with E-state index in [9.17, 15) is 9.59 Å². The molecule has 1 saturated heterocycles. The second-order valence-corrected chi connectivity index (χ2v) is 5.72. The fourth-order valence-electron chi connectivity index (χ4n) is 2.22. The van der Waals surface area contributed by atoms with Crippen LogP contribution in [0.1, 0.15) is 25.3 Å². The quantitative estimate of drug-likeness (QED) is 0.850. The lowest BCUT2D eigenvalue weighted by Gasteiger charge is -2.29. The fraction of sp³-hybridized carbons (Fsp3) is 0.467. The molecule has 0 atom stereocenters. The first-order chi connectivity index (χ1) is 9.56. The van der Waals surface area contributed by atoms with E-state index < -0.39 is 11.8 Å². The van der Waals surface area contributed by atoms with E-state index >= 15 is 0 Å². The van der Waals surface area contributed by atoms with Crippen molar-refractivity contribution in [3.63, 3.8) is 0 Å². The zero-order chi connectivity index (χ0) is 14.5. The smallest absolute Gasteiger partial charge is 0.311 e. The topological polar surface area (TPSA) is 49.4 Å². The molecule has 0 radical (unpaired) electrons. The highest BCUT2D eigenvalue weighted by Crippen LogP contribution is 2.16. The molecule has 0 aromatic heterocycles. The zero-order valence-corrected chi connectivity index (χ0v) is 12.3. The Morgan fingerprint density at radius 3 is 2.45 bits per heavy atom. The number of rotatable bonds is 2. The number of piperidine rings is 1. The maximum Gasteiger partial charge on any atom is 0.311 e. The van der Waals surface area contributed by atoms with E-state index in [4.69, 9.17) is 11.6 Å². The molecule has 0 bridgehead atoms. The van der Waals surface area contributed by atoms with E-state index in [1.54, 1.807) is 17.0 Å². The Morgan fingerprint density at radius 2 is 1.85 bits per heavy atom. The van der Waals surface area contributed by atoms with E-state index in [1.807, 2.05) is 12.1 Å². The standard InChI is InChI=1S/C15H19ClN2O2/c1-11-6-8-18(9-7-11)15(20)14(19)17-10-12-2-4-13(16)5-3-12/h2-5,11H,6-10H2,1H3,(H,17,19). The highest BCUT2D eigenvalue weighted by Gasteiger charge is 2.25. The Kier molecular flexibility index (Phi) is 5.01. The molecule has 2 amide bonds. The summed E-state index contributed by atoms with van der Waals surface area (Å²) in [5.74, 6) is -0.323. The van der Waals surface area contributed by atoms with Crippen LogP contribution in [0.4, 0.5) is 0 Å². The van der Waals surface area contributed by atoms with Gasteiger partial charge in [0.25, 0.3) is 0 Å². The molecule has 20 heavy (non-hydrogen) atoms. The van der Waals surface area contributed by atoms with Crippen LogP contribution in [-0.4, -0.2) is 29.8 Å².